The molecule has 1 fully saturated rings. The van der Waals surface area contributed by atoms with E-state index in [2.05, 4.69) is 31.0 Å². The van der Waals surface area contributed by atoms with E-state index >= 15 is 0 Å². The highest BCUT2D eigenvalue weighted by Gasteiger charge is 2.30. The molecule has 3 aromatic rings. The number of hydrogen-bond donors (Lipinski definition) is 2. The van der Waals surface area contributed by atoms with Crippen molar-refractivity contribution in [3.8, 4) is 5.88 Å². The third-order valence-corrected chi connectivity index (χ3v) is 6.57. The third kappa shape index (κ3) is 3.96. The molecular formula is C22H19BrCl2N4O2. The van der Waals surface area contributed by atoms with Gasteiger partial charge >= 0.3 is 0 Å². The smallest absolute Gasteiger partial charge is 0.199 e. The van der Waals surface area contributed by atoms with Crippen LogP contribution in [0, 0.1) is 0 Å². The van der Waals surface area contributed by atoms with E-state index in [0.717, 1.165) is 35.4 Å². The van der Waals surface area contributed by atoms with E-state index < -0.39 is 0 Å². The molecule has 5 rings (SSSR count). The van der Waals surface area contributed by atoms with Crippen LogP contribution in [0.15, 0.2) is 45.0 Å². The zero-order valence-corrected chi connectivity index (χ0v) is 19.6. The Kier molecular flexibility index (Phi) is 5.69. The number of halogens is 3. The molecule has 0 spiro atoms. The maximum atomic E-state index is 10.7. The van der Waals surface area contributed by atoms with Crippen molar-refractivity contribution in [1.82, 2.24) is 9.88 Å². The fourth-order valence-corrected chi connectivity index (χ4v) is 5.00. The Balaban J connectivity index is 1.54. The molecule has 2 aliphatic heterocycles. The zero-order chi connectivity index (χ0) is 21.5. The van der Waals surface area contributed by atoms with Crippen molar-refractivity contribution in [1.29, 1.82) is 0 Å². The van der Waals surface area contributed by atoms with Crippen molar-refractivity contribution >= 4 is 67.1 Å². The number of oxime groups is 1. The van der Waals surface area contributed by atoms with E-state index in [1.807, 2.05) is 18.2 Å². The van der Waals surface area contributed by atoms with Crippen LogP contribution in [0.4, 0.5) is 5.69 Å². The summed E-state index contributed by atoms with van der Waals surface area (Å²) in [7, 11) is 0. The average Bonchev–Trinajstić information content (AvgIpc) is 3.43. The number of rotatable bonds is 5. The Morgan fingerprint density at radius 1 is 1.19 bits per heavy atom. The summed E-state index contributed by atoms with van der Waals surface area (Å²) in [5, 5.41) is 16.7. The number of aliphatic imine (C=N–C) groups is 1. The zero-order valence-electron chi connectivity index (χ0n) is 16.5. The number of aromatic amines is 1. The number of aromatic hydroxyl groups is 1. The molecule has 2 N–H and O–H groups in total. The number of nitrogens with zero attached hydrogens (tertiary/aromatic N) is 3. The molecule has 6 nitrogen and oxygen atoms in total. The molecule has 0 aliphatic carbocycles. The molecule has 0 atom stereocenters. The normalized spacial score (nSPS) is 17.5. The second-order valence-electron chi connectivity index (χ2n) is 7.60. The van der Waals surface area contributed by atoms with Crippen LogP contribution in [0.25, 0.3) is 10.9 Å². The molecule has 0 bridgehead atoms. The molecule has 1 saturated heterocycles. The number of fused-ring (bicyclic) bond motifs is 2. The summed E-state index contributed by atoms with van der Waals surface area (Å²) in [5.74, 6) is -0.0467. The molecule has 0 unspecified atom stereocenters. The van der Waals surface area contributed by atoms with Crippen molar-refractivity contribution in [2.45, 2.75) is 12.8 Å². The molecule has 31 heavy (non-hydrogen) atoms. The quantitative estimate of drug-likeness (QED) is 0.324. The first kappa shape index (κ1) is 20.8. The largest absolute Gasteiger partial charge is 0.494 e. The molecular weight excluding hydrogens is 503 g/mol. The summed E-state index contributed by atoms with van der Waals surface area (Å²) in [6.45, 7) is 3.52. The van der Waals surface area contributed by atoms with Crippen molar-refractivity contribution in [3.63, 3.8) is 0 Å². The summed E-state index contributed by atoms with van der Waals surface area (Å²) in [6, 6.07) is 9.14. The number of hydrogen-bond acceptors (Lipinski definition) is 5. The number of benzene rings is 2. The fraction of sp³-hybridized carbons (Fsp3) is 0.273. The molecule has 9 heteroatoms. The van der Waals surface area contributed by atoms with Gasteiger partial charge in [-0.1, -0.05) is 44.3 Å². The predicted octanol–water partition coefficient (Wildman–Crippen LogP) is 5.89. The number of aromatic nitrogens is 1. The van der Waals surface area contributed by atoms with Crippen LogP contribution in [0.2, 0.25) is 10.0 Å². The summed E-state index contributed by atoms with van der Waals surface area (Å²) in [4.78, 5) is 15.8. The molecule has 3 heterocycles. The van der Waals surface area contributed by atoms with Gasteiger partial charge in [-0.3, -0.25) is 4.90 Å². The number of nitrogens with one attached hydrogen (secondary N) is 1. The van der Waals surface area contributed by atoms with Crippen molar-refractivity contribution in [3.05, 3.63) is 56.0 Å². The van der Waals surface area contributed by atoms with E-state index in [-0.39, 0.29) is 5.88 Å². The van der Waals surface area contributed by atoms with Crippen LogP contribution in [0.5, 0.6) is 5.88 Å². The van der Waals surface area contributed by atoms with Gasteiger partial charge in [-0.05, 0) is 56.3 Å². The lowest BCUT2D eigenvalue weighted by atomic mass is 10.0. The highest BCUT2D eigenvalue weighted by molar-refractivity contribution is 9.10. The summed E-state index contributed by atoms with van der Waals surface area (Å²) < 4.78 is 0.904. The van der Waals surface area contributed by atoms with Crippen LogP contribution < -0.4 is 0 Å². The van der Waals surface area contributed by atoms with E-state index in [1.54, 1.807) is 12.1 Å². The van der Waals surface area contributed by atoms with Crippen molar-refractivity contribution in [2.24, 2.45) is 10.1 Å². The lowest BCUT2D eigenvalue weighted by Crippen LogP contribution is -2.23. The summed E-state index contributed by atoms with van der Waals surface area (Å²) in [5.41, 5.74) is 3.73. The monoisotopic (exact) mass is 520 g/mol. The van der Waals surface area contributed by atoms with E-state index in [0.29, 0.717) is 44.5 Å². The second-order valence-corrected chi connectivity index (χ2v) is 9.36. The maximum Gasteiger partial charge on any atom is 0.199 e. The first-order valence-corrected chi connectivity index (χ1v) is 11.6. The van der Waals surface area contributed by atoms with Gasteiger partial charge in [0.05, 0.1) is 21.8 Å². The first-order chi connectivity index (χ1) is 15.0. The van der Waals surface area contributed by atoms with Gasteiger partial charge in [-0.25, -0.2) is 4.99 Å². The van der Waals surface area contributed by atoms with Gasteiger partial charge in [0.15, 0.2) is 5.88 Å². The Hall–Kier alpha value is -2.06. The molecule has 0 saturated carbocycles. The Bertz CT molecular complexity index is 1230. The fourth-order valence-electron chi connectivity index (χ4n) is 4.10. The third-order valence-electron chi connectivity index (χ3n) is 5.56. The van der Waals surface area contributed by atoms with Crippen LogP contribution >= 0.6 is 39.1 Å². The lowest BCUT2D eigenvalue weighted by Gasteiger charge is -2.13. The van der Waals surface area contributed by atoms with E-state index in [9.17, 15) is 5.11 Å². The minimum Gasteiger partial charge on any atom is -0.494 e. The van der Waals surface area contributed by atoms with Crippen molar-refractivity contribution < 1.29 is 9.94 Å². The molecule has 1 aromatic heterocycles. The Labute approximate surface area is 197 Å². The lowest BCUT2D eigenvalue weighted by molar-refractivity contribution is 0.119. The van der Waals surface area contributed by atoms with Gasteiger partial charge in [-0.2, -0.15) is 0 Å². The van der Waals surface area contributed by atoms with Gasteiger partial charge in [0.1, 0.15) is 18.0 Å². The van der Waals surface area contributed by atoms with Crippen molar-refractivity contribution in [2.75, 3.05) is 26.2 Å². The van der Waals surface area contributed by atoms with Crippen LogP contribution in [0.1, 0.15) is 24.0 Å². The summed E-state index contributed by atoms with van der Waals surface area (Å²) in [6.07, 6.45) is 2.47. The van der Waals surface area contributed by atoms with Gasteiger partial charge in [-0.15, -0.1) is 0 Å². The second kappa shape index (κ2) is 8.47. The average molecular weight is 522 g/mol. The standard InChI is InChI=1S/C22H19BrCl2N4O2/c23-12-3-4-17-14(9-12)20(28-31-8-7-29-5-1-2-6-29)21(26-17)18-15-10-13(24)11-16(25)19(15)27-22(18)30/h3-4,9-11,27,30H,1-2,5-8H2/b28-20+. The minimum absolute atomic E-state index is 0.0467. The molecule has 2 aliphatic rings. The van der Waals surface area contributed by atoms with Crippen LogP contribution in [-0.2, 0) is 4.84 Å². The maximum absolute atomic E-state index is 10.7. The number of likely N-dealkylation sites (tertiary alicyclic amines) is 1. The van der Waals surface area contributed by atoms with Crippen LogP contribution in [0.3, 0.4) is 0 Å². The van der Waals surface area contributed by atoms with E-state index in [1.165, 1.54) is 12.8 Å². The summed E-state index contributed by atoms with van der Waals surface area (Å²) >= 11 is 16.1. The van der Waals surface area contributed by atoms with Gasteiger partial charge in [0.25, 0.3) is 0 Å². The molecule has 2 aromatic carbocycles. The Morgan fingerprint density at radius 3 is 2.81 bits per heavy atom. The molecule has 0 amide bonds. The van der Waals surface area contributed by atoms with E-state index in [4.69, 9.17) is 33.0 Å². The SMILES string of the molecule is Oc1[nH]c2c(Cl)cc(Cl)cc2c1C1=Nc2ccc(Br)cc2/C1=N\OCCN1CCCC1. The topological polar surface area (TPSA) is 73.2 Å². The number of H-pyrrole nitrogens is 1. The highest BCUT2D eigenvalue weighted by atomic mass is 79.9. The first-order valence-electron chi connectivity index (χ1n) is 10.0. The van der Waals surface area contributed by atoms with Crippen LogP contribution in [-0.4, -0.2) is 52.7 Å². The predicted molar refractivity (Wildman–Crippen MR) is 128 cm³/mol. The Morgan fingerprint density at radius 2 is 2.00 bits per heavy atom. The van der Waals surface area contributed by atoms with Gasteiger partial charge in [0.2, 0.25) is 0 Å². The molecule has 160 valence electrons. The minimum atomic E-state index is -0.0467. The van der Waals surface area contributed by atoms with Gasteiger partial charge in [0, 0.05) is 27.0 Å². The van der Waals surface area contributed by atoms with Gasteiger partial charge < -0.3 is 14.9 Å². The molecule has 0 radical (unpaired) electrons. The highest BCUT2D eigenvalue weighted by Crippen LogP contribution is 2.39.